The van der Waals surface area contributed by atoms with E-state index in [9.17, 15) is 8.78 Å². The molecule has 4 heteroatoms. The van der Waals surface area contributed by atoms with Gasteiger partial charge in [0, 0.05) is 11.1 Å². The van der Waals surface area contributed by atoms with Crippen molar-refractivity contribution in [1.82, 2.24) is 0 Å². The van der Waals surface area contributed by atoms with E-state index < -0.39 is 6.43 Å². The highest BCUT2D eigenvalue weighted by atomic mass is 19.3. The van der Waals surface area contributed by atoms with Crippen LogP contribution in [0.1, 0.15) is 37.3 Å². The van der Waals surface area contributed by atoms with Crippen LogP contribution in [-0.4, -0.2) is 12.8 Å². The van der Waals surface area contributed by atoms with Gasteiger partial charge in [0.1, 0.15) is 12.8 Å². The van der Waals surface area contributed by atoms with Crippen LogP contribution in [0, 0.1) is 0 Å². The molecule has 0 saturated heterocycles. The molecule has 0 N–H and O–H groups in total. The van der Waals surface area contributed by atoms with E-state index in [-0.39, 0.29) is 11.1 Å². The average molecular weight is 226 g/mol. The Bertz CT molecular complexity index is 340. The Morgan fingerprint density at radius 2 is 2.12 bits per heavy atom. The zero-order valence-electron chi connectivity index (χ0n) is 9.12. The Morgan fingerprint density at radius 1 is 1.38 bits per heavy atom. The highest BCUT2D eigenvalue weighted by molar-refractivity contribution is 5.81. The fourth-order valence-electron chi connectivity index (χ4n) is 1.13. The molecule has 0 spiro atoms. The Morgan fingerprint density at radius 3 is 2.81 bits per heavy atom. The van der Waals surface area contributed by atoms with E-state index in [0.29, 0.717) is 6.61 Å². The standard InChI is InChI=1S/C12H14F2NO/c1-2-3-8-16-15-9-10-6-4-5-7-11(10)12(13)14/h4-7,12H,2-3,8H2,1H3. The molecule has 87 valence electrons. The van der Waals surface area contributed by atoms with Gasteiger partial charge in [-0.2, -0.15) is 0 Å². The third-order valence-corrected chi connectivity index (χ3v) is 2.02. The molecule has 0 amide bonds. The van der Waals surface area contributed by atoms with Gasteiger partial charge in [-0.1, -0.05) is 42.8 Å². The molecule has 1 aromatic carbocycles. The van der Waals surface area contributed by atoms with E-state index in [1.54, 1.807) is 12.1 Å². The Labute approximate surface area is 93.9 Å². The molecular formula is C12H14F2NO. The lowest BCUT2D eigenvalue weighted by molar-refractivity contribution is 0.142. The lowest BCUT2D eigenvalue weighted by atomic mass is 10.1. The van der Waals surface area contributed by atoms with Crippen molar-refractivity contribution in [2.75, 3.05) is 6.61 Å². The third kappa shape index (κ3) is 3.96. The van der Waals surface area contributed by atoms with E-state index in [1.165, 1.54) is 12.1 Å². The van der Waals surface area contributed by atoms with E-state index in [1.807, 2.05) is 6.92 Å². The number of benzene rings is 1. The van der Waals surface area contributed by atoms with Crippen LogP contribution in [0.5, 0.6) is 0 Å². The van der Waals surface area contributed by atoms with Gasteiger partial charge in [-0.25, -0.2) is 8.78 Å². The summed E-state index contributed by atoms with van der Waals surface area (Å²) in [6.07, 6.45) is 1.85. The second kappa shape index (κ2) is 6.93. The van der Waals surface area contributed by atoms with Crippen LogP contribution in [0.2, 0.25) is 0 Å². The van der Waals surface area contributed by atoms with Crippen molar-refractivity contribution in [3.05, 3.63) is 35.4 Å². The first-order chi connectivity index (χ1) is 7.75. The minimum Gasteiger partial charge on any atom is -0.395 e. The first-order valence-corrected chi connectivity index (χ1v) is 5.20. The summed E-state index contributed by atoms with van der Waals surface area (Å²) in [5.74, 6) is 0. The van der Waals surface area contributed by atoms with Crippen molar-refractivity contribution in [2.24, 2.45) is 5.16 Å². The summed E-state index contributed by atoms with van der Waals surface area (Å²) in [6, 6.07) is 6.11. The molecule has 1 radical (unpaired) electrons. The number of rotatable bonds is 6. The SMILES string of the molecule is CCCCO/N=[C]\c1ccccc1C(F)F. The van der Waals surface area contributed by atoms with E-state index in [4.69, 9.17) is 4.84 Å². The van der Waals surface area contributed by atoms with Gasteiger partial charge < -0.3 is 4.84 Å². The van der Waals surface area contributed by atoms with Crippen LogP contribution in [-0.2, 0) is 4.84 Å². The highest BCUT2D eigenvalue weighted by Crippen LogP contribution is 2.21. The molecule has 0 bridgehead atoms. The van der Waals surface area contributed by atoms with E-state index in [2.05, 4.69) is 11.4 Å². The first kappa shape index (κ1) is 12.6. The summed E-state index contributed by atoms with van der Waals surface area (Å²) in [6.45, 7) is 2.52. The minimum atomic E-state index is -2.52. The van der Waals surface area contributed by atoms with E-state index in [0.717, 1.165) is 12.8 Å². The van der Waals surface area contributed by atoms with Crippen LogP contribution < -0.4 is 0 Å². The van der Waals surface area contributed by atoms with Gasteiger partial charge in [0.25, 0.3) is 6.43 Å². The quantitative estimate of drug-likeness (QED) is 0.412. The molecule has 0 aliphatic rings. The maximum Gasteiger partial charge on any atom is 0.264 e. The van der Waals surface area contributed by atoms with Gasteiger partial charge in [0.2, 0.25) is 0 Å². The van der Waals surface area contributed by atoms with Gasteiger partial charge in [-0.15, -0.1) is 0 Å². The Hall–Kier alpha value is -1.45. The van der Waals surface area contributed by atoms with Gasteiger partial charge in [0.15, 0.2) is 0 Å². The Kier molecular flexibility index (Phi) is 5.46. The van der Waals surface area contributed by atoms with Gasteiger partial charge in [-0.3, -0.25) is 0 Å². The fraction of sp³-hybridized carbons (Fsp3) is 0.417. The van der Waals surface area contributed by atoms with Gasteiger partial charge in [-0.05, 0) is 6.42 Å². The van der Waals surface area contributed by atoms with Crippen LogP contribution in [0.25, 0.3) is 0 Å². The first-order valence-electron chi connectivity index (χ1n) is 5.20. The molecule has 0 aromatic heterocycles. The molecule has 1 aromatic rings. The molecule has 16 heavy (non-hydrogen) atoms. The van der Waals surface area contributed by atoms with Gasteiger partial charge in [0.05, 0.1) is 0 Å². The van der Waals surface area contributed by atoms with E-state index >= 15 is 0 Å². The summed E-state index contributed by atoms with van der Waals surface area (Å²) < 4.78 is 25.1. The van der Waals surface area contributed by atoms with Gasteiger partial charge >= 0.3 is 0 Å². The average Bonchev–Trinajstić information content (AvgIpc) is 2.29. The number of hydrogen-bond donors (Lipinski definition) is 0. The molecular weight excluding hydrogens is 212 g/mol. The molecule has 0 aliphatic heterocycles. The van der Waals surface area contributed by atoms with Crippen molar-refractivity contribution < 1.29 is 13.6 Å². The largest absolute Gasteiger partial charge is 0.395 e. The van der Waals surface area contributed by atoms with Crippen molar-refractivity contribution in [1.29, 1.82) is 0 Å². The smallest absolute Gasteiger partial charge is 0.264 e. The molecule has 0 fully saturated rings. The number of hydrogen-bond acceptors (Lipinski definition) is 2. The molecule has 1 rings (SSSR count). The predicted molar refractivity (Wildman–Crippen MR) is 58.8 cm³/mol. The van der Waals surface area contributed by atoms with Crippen molar-refractivity contribution >= 4 is 6.21 Å². The van der Waals surface area contributed by atoms with Crippen molar-refractivity contribution in [2.45, 2.75) is 26.2 Å². The Balaban J connectivity index is 2.58. The molecule has 0 saturated carbocycles. The summed E-state index contributed by atoms with van der Waals surface area (Å²) >= 11 is 0. The second-order valence-corrected chi connectivity index (χ2v) is 3.28. The molecule has 0 unspecified atom stereocenters. The fourth-order valence-corrected chi connectivity index (χ4v) is 1.13. The summed E-state index contributed by atoms with van der Waals surface area (Å²) in [5.41, 5.74) is 0.194. The van der Waals surface area contributed by atoms with Crippen LogP contribution in [0.3, 0.4) is 0 Å². The lowest BCUT2D eigenvalue weighted by Gasteiger charge is -2.02. The predicted octanol–water partition coefficient (Wildman–Crippen LogP) is 3.65. The zero-order chi connectivity index (χ0) is 11.8. The number of unbranched alkanes of at least 4 members (excludes halogenated alkanes) is 1. The summed E-state index contributed by atoms with van der Waals surface area (Å²) in [7, 11) is 0. The monoisotopic (exact) mass is 226 g/mol. The maximum absolute atomic E-state index is 12.5. The highest BCUT2D eigenvalue weighted by Gasteiger charge is 2.10. The molecule has 2 nitrogen and oxygen atoms in total. The van der Waals surface area contributed by atoms with Crippen molar-refractivity contribution in [3.63, 3.8) is 0 Å². The van der Waals surface area contributed by atoms with Crippen LogP contribution >= 0.6 is 0 Å². The third-order valence-electron chi connectivity index (χ3n) is 2.02. The minimum absolute atomic E-state index is 0.0784. The van der Waals surface area contributed by atoms with Crippen LogP contribution in [0.15, 0.2) is 29.4 Å². The normalized spacial score (nSPS) is 11.2. The summed E-state index contributed by atoms with van der Waals surface area (Å²) in [5, 5.41) is 3.54. The second-order valence-electron chi connectivity index (χ2n) is 3.28. The summed E-state index contributed by atoms with van der Waals surface area (Å²) in [4.78, 5) is 4.88. The topological polar surface area (TPSA) is 21.6 Å². The van der Waals surface area contributed by atoms with Crippen molar-refractivity contribution in [3.8, 4) is 0 Å². The lowest BCUT2D eigenvalue weighted by Crippen LogP contribution is -1.94. The number of alkyl halides is 2. The van der Waals surface area contributed by atoms with Crippen LogP contribution in [0.4, 0.5) is 8.78 Å². The zero-order valence-corrected chi connectivity index (χ0v) is 9.12. The number of halogens is 2. The molecule has 0 aliphatic carbocycles. The molecule has 0 atom stereocenters. The molecule has 0 heterocycles. The number of nitrogens with zero attached hydrogens (tertiary/aromatic N) is 1. The maximum atomic E-state index is 12.5.